The Morgan fingerprint density at radius 3 is 2.53 bits per heavy atom. The number of rotatable bonds is 5. The first-order valence-corrected chi connectivity index (χ1v) is 7.50. The molecule has 1 saturated heterocycles. The fourth-order valence-corrected chi connectivity index (χ4v) is 2.70. The van der Waals surface area contributed by atoms with Crippen LogP contribution in [0.1, 0.15) is 13.3 Å². The second-order valence-electron chi connectivity index (χ2n) is 5.41. The van der Waals surface area contributed by atoms with Crippen LogP contribution in [-0.4, -0.2) is 44.2 Å². The summed E-state index contributed by atoms with van der Waals surface area (Å²) in [6.07, 6.45) is 1.20. The van der Waals surface area contributed by atoms with Crippen molar-refractivity contribution in [2.45, 2.75) is 13.3 Å². The van der Waals surface area contributed by atoms with E-state index in [2.05, 4.69) is 28.9 Å². The maximum absolute atomic E-state index is 6.25. The minimum absolute atomic E-state index is 0.626. The van der Waals surface area contributed by atoms with E-state index in [1.54, 1.807) is 0 Å². The lowest BCUT2D eigenvalue weighted by atomic mass is 10.1. The lowest BCUT2D eigenvalue weighted by molar-refractivity contribution is 0.242. The predicted octanol–water partition coefficient (Wildman–Crippen LogP) is 2.45. The summed E-state index contributed by atoms with van der Waals surface area (Å²) >= 11 is 6.25. The molecule has 1 heterocycles. The minimum Gasteiger partial charge on any atom is -0.368 e. The highest BCUT2D eigenvalue weighted by atomic mass is 35.5. The van der Waals surface area contributed by atoms with Crippen LogP contribution in [0.4, 0.5) is 5.69 Å². The zero-order valence-electron chi connectivity index (χ0n) is 11.7. The molecule has 0 saturated carbocycles. The Hall–Kier alpha value is -0.770. The summed E-state index contributed by atoms with van der Waals surface area (Å²) in [5.74, 6) is 0.626. The maximum atomic E-state index is 6.25. The fraction of sp³-hybridized carbons (Fsp3) is 0.600. The van der Waals surface area contributed by atoms with E-state index < -0.39 is 0 Å². The van der Waals surface area contributed by atoms with Gasteiger partial charge in [-0.1, -0.05) is 30.7 Å². The molecule has 0 amide bonds. The molecule has 0 aliphatic carbocycles. The third kappa shape index (κ3) is 4.10. The van der Waals surface area contributed by atoms with Gasteiger partial charge in [0.15, 0.2) is 0 Å². The highest BCUT2D eigenvalue weighted by Crippen LogP contribution is 2.26. The monoisotopic (exact) mass is 281 g/mol. The molecule has 2 rings (SSSR count). The molecular formula is C15H24ClN3. The third-order valence-electron chi connectivity index (χ3n) is 3.91. The number of benzene rings is 1. The first-order chi connectivity index (χ1) is 9.20. The number of para-hydroxylation sites is 1. The SMILES string of the molecule is CC(CN)CCN1CCN(c2ccccc2Cl)CC1. The summed E-state index contributed by atoms with van der Waals surface area (Å²) in [4.78, 5) is 4.91. The molecule has 1 fully saturated rings. The second kappa shape index (κ2) is 7.13. The van der Waals surface area contributed by atoms with Gasteiger partial charge in [0.05, 0.1) is 10.7 Å². The maximum Gasteiger partial charge on any atom is 0.0639 e. The molecule has 1 aromatic carbocycles. The van der Waals surface area contributed by atoms with E-state index >= 15 is 0 Å². The zero-order valence-corrected chi connectivity index (χ0v) is 12.4. The van der Waals surface area contributed by atoms with Crippen molar-refractivity contribution in [3.63, 3.8) is 0 Å². The summed E-state index contributed by atoms with van der Waals surface area (Å²) in [5.41, 5.74) is 6.83. The van der Waals surface area contributed by atoms with Gasteiger partial charge in [0.1, 0.15) is 0 Å². The highest BCUT2D eigenvalue weighted by Gasteiger charge is 2.18. The molecule has 1 atom stereocenters. The Morgan fingerprint density at radius 2 is 1.89 bits per heavy atom. The van der Waals surface area contributed by atoms with Gasteiger partial charge < -0.3 is 10.6 Å². The molecule has 0 spiro atoms. The van der Waals surface area contributed by atoms with Crippen LogP contribution in [0.5, 0.6) is 0 Å². The third-order valence-corrected chi connectivity index (χ3v) is 4.23. The Morgan fingerprint density at radius 1 is 1.21 bits per heavy atom. The summed E-state index contributed by atoms with van der Waals surface area (Å²) < 4.78 is 0. The fourth-order valence-electron chi connectivity index (χ4n) is 2.44. The number of halogens is 1. The molecule has 106 valence electrons. The second-order valence-corrected chi connectivity index (χ2v) is 5.82. The Labute approximate surface area is 121 Å². The van der Waals surface area contributed by atoms with Crippen LogP contribution < -0.4 is 10.6 Å². The first-order valence-electron chi connectivity index (χ1n) is 7.12. The van der Waals surface area contributed by atoms with Crippen molar-refractivity contribution in [2.24, 2.45) is 11.7 Å². The minimum atomic E-state index is 0.626. The average molecular weight is 282 g/mol. The van der Waals surface area contributed by atoms with E-state index in [4.69, 9.17) is 17.3 Å². The van der Waals surface area contributed by atoms with Crippen molar-refractivity contribution < 1.29 is 0 Å². The van der Waals surface area contributed by atoms with E-state index in [0.717, 1.165) is 44.3 Å². The number of anilines is 1. The van der Waals surface area contributed by atoms with Gasteiger partial charge in [-0.2, -0.15) is 0 Å². The molecule has 1 aliphatic heterocycles. The number of nitrogens with two attached hydrogens (primary N) is 1. The van der Waals surface area contributed by atoms with Gasteiger partial charge in [-0.25, -0.2) is 0 Å². The van der Waals surface area contributed by atoms with Crippen LogP contribution >= 0.6 is 11.6 Å². The Bertz CT molecular complexity index is 389. The summed E-state index contributed by atoms with van der Waals surface area (Å²) in [6.45, 7) is 8.51. The molecule has 3 nitrogen and oxygen atoms in total. The van der Waals surface area contributed by atoms with Gasteiger partial charge in [0.2, 0.25) is 0 Å². The van der Waals surface area contributed by atoms with E-state index in [-0.39, 0.29) is 0 Å². The molecule has 0 radical (unpaired) electrons. The zero-order chi connectivity index (χ0) is 13.7. The van der Waals surface area contributed by atoms with Gasteiger partial charge in [-0.15, -0.1) is 0 Å². The van der Waals surface area contributed by atoms with Gasteiger partial charge in [0.25, 0.3) is 0 Å². The van der Waals surface area contributed by atoms with E-state index in [1.807, 2.05) is 12.1 Å². The van der Waals surface area contributed by atoms with Crippen LogP contribution in [0, 0.1) is 5.92 Å². The summed E-state index contributed by atoms with van der Waals surface area (Å²) in [5, 5.41) is 0.854. The van der Waals surface area contributed by atoms with E-state index in [1.165, 1.54) is 12.1 Å². The molecule has 0 aromatic heterocycles. The number of hydrogen-bond acceptors (Lipinski definition) is 3. The Balaban J connectivity index is 1.81. The van der Waals surface area contributed by atoms with E-state index in [9.17, 15) is 0 Å². The molecule has 2 N–H and O–H groups in total. The van der Waals surface area contributed by atoms with Crippen molar-refractivity contribution in [3.8, 4) is 0 Å². The number of hydrogen-bond donors (Lipinski definition) is 1. The van der Waals surface area contributed by atoms with Crippen LogP contribution in [-0.2, 0) is 0 Å². The lowest BCUT2D eigenvalue weighted by Crippen LogP contribution is -2.47. The molecular weight excluding hydrogens is 258 g/mol. The predicted molar refractivity (Wildman–Crippen MR) is 82.9 cm³/mol. The summed E-state index contributed by atoms with van der Waals surface area (Å²) in [6, 6.07) is 8.10. The normalized spacial score (nSPS) is 18.6. The molecule has 0 bridgehead atoms. The average Bonchev–Trinajstić information content (AvgIpc) is 2.46. The van der Waals surface area contributed by atoms with Crippen LogP contribution in [0.25, 0.3) is 0 Å². The van der Waals surface area contributed by atoms with Crippen LogP contribution in [0.2, 0.25) is 5.02 Å². The van der Waals surface area contributed by atoms with Crippen molar-refractivity contribution in [2.75, 3.05) is 44.2 Å². The van der Waals surface area contributed by atoms with Crippen molar-refractivity contribution in [1.82, 2.24) is 4.90 Å². The molecule has 1 unspecified atom stereocenters. The van der Waals surface area contributed by atoms with E-state index in [0.29, 0.717) is 5.92 Å². The van der Waals surface area contributed by atoms with Gasteiger partial charge in [-0.05, 0) is 37.6 Å². The summed E-state index contributed by atoms with van der Waals surface area (Å²) in [7, 11) is 0. The van der Waals surface area contributed by atoms with Gasteiger partial charge >= 0.3 is 0 Å². The highest BCUT2D eigenvalue weighted by molar-refractivity contribution is 6.33. The number of nitrogens with zero attached hydrogens (tertiary/aromatic N) is 2. The van der Waals surface area contributed by atoms with Gasteiger partial charge in [-0.3, -0.25) is 4.90 Å². The largest absolute Gasteiger partial charge is 0.368 e. The first kappa shape index (κ1) is 14.6. The van der Waals surface area contributed by atoms with Crippen molar-refractivity contribution >= 4 is 17.3 Å². The quantitative estimate of drug-likeness (QED) is 0.900. The topological polar surface area (TPSA) is 32.5 Å². The lowest BCUT2D eigenvalue weighted by Gasteiger charge is -2.36. The Kier molecular flexibility index (Phi) is 5.49. The molecule has 1 aromatic rings. The van der Waals surface area contributed by atoms with Crippen molar-refractivity contribution in [3.05, 3.63) is 29.3 Å². The van der Waals surface area contributed by atoms with Crippen molar-refractivity contribution in [1.29, 1.82) is 0 Å². The number of piperazine rings is 1. The molecule has 19 heavy (non-hydrogen) atoms. The smallest absolute Gasteiger partial charge is 0.0639 e. The molecule has 1 aliphatic rings. The van der Waals surface area contributed by atoms with Crippen LogP contribution in [0.3, 0.4) is 0 Å². The standard InChI is InChI=1S/C15H24ClN3/c1-13(12-17)6-7-18-8-10-19(11-9-18)15-5-3-2-4-14(15)16/h2-5,13H,6-12,17H2,1H3. The van der Waals surface area contributed by atoms with Gasteiger partial charge in [0, 0.05) is 26.2 Å². The van der Waals surface area contributed by atoms with Crippen LogP contribution in [0.15, 0.2) is 24.3 Å². The molecule has 4 heteroatoms.